The van der Waals surface area contributed by atoms with E-state index < -0.39 is 17.7 Å². The van der Waals surface area contributed by atoms with Crippen molar-refractivity contribution in [1.82, 2.24) is 4.90 Å². The quantitative estimate of drug-likeness (QED) is 0.460. The van der Waals surface area contributed by atoms with Gasteiger partial charge in [-0.25, -0.2) is 0 Å². The average molecular weight is 393 g/mol. The molecule has 0 unspecified atom stereocenters. The lowest BCUT2D eigenvalue weighted by molar-refractivity contribution is -0.116. The number of benzene rings is 2. The van der Waals surface area contributed by atoms with Crippen LogP contribution in [0.4, 0.5) is 5.69 Å². The molecule has 2 aromatic rings. The average Bonchev–Trinajstić information content (AvgIpc) is 2.94. The molecule has 0 saturated carbocycles. The first-order chi connectivity index (χ1) is 13.5. The van der Waals surface area contributed by atoms with Gasteiger partial charge in [-0.3, -0.25) is 19.3 Å². The SMILES string of the molecule is CCc1cc(SC#N)cc(CC)c1NC(=O)CN1C(=O)c2ccccc2C1=O. The molecule has 2 aromatic carbocycles. The van der Waals surface area contributed by atoms with Gasteiger partial charge in [0.1, 0.15) is 11.9 Å². The van der Waals surface area contributed by atoms with Gasteiger partial charge in [-0.1, -0.05) is 26.0 Å². The van der Waals surface area contributed by atoms with E-state index in [2.05, 4.69) is 10.7 Å². The van der Waals surface area contributed by atoms with Gasteiger partial charge < -0.3 is 5.32 Å². The Hall–Kier alpha value is -3.11. The Bertz CT molecular complexity index is 950. The molecule has 3 rings (SSSR count). The lowest BCUT2D eigenvalue weighted by Gasteiger charge is -2.18. The number of hydrogen-bond donors (Lipinski definition) is 1. The molecule has 0 saturated heterocycles. The minimum atomic E-state index is -0.456. The number of nitrogens with zero attached hydrogens (tertiary/aromatic N) is 2. The van der Waals surface area contributed by atoms with Crippen LogP contribution in [0.5, 0.6) is 0 Å². The molecule has 0 aromatic heterocycles. The summed E-state index contributed by atoms with van der Waals surface area (Å²) in [7, 11) is 0. The monoisotopic (exact) mass is 393 g/mol. The molecule has 0 spiro atoms. The summed E-state index contributed by atoms with van der Waals surface area (Å²) in [6, 6.07) is 10.3. The van der Waals surface area contributed by atoms with Crippen molar-refractivity contribution < 1.29 is 14.4 Å². The Kier molecular flexibility index (Phi) is 5.81. The topological polar surface area (TPSA) is 90.3 Å². The van der Waals surface area contributed by atoms with Crippen LogP contribution in [0.3, 0.4) is 0 Å². The molecule has 0 radical (unpaired) electrons. The fourth-order valence-corrected chi connectivity index (χ4v) is 3.78. The van der Waals surface area contributed by atoms with Crippen LogP contribution >= 0.6 is 11.8 Å². The summed E-state index contributed by atoms with van der Waals surface area (Å²) in [6.45, 7) is 3.60. The minimum absolute atomic E-state index is 0.321. The number of carbonyl (C=O) groups is 3. The van der Waals surface area contributed by atoms with E-state index in [0.29, 0.717) is 29.7 Å². The maximum atomic E-state index is 12.6. The molecule has 142 valence electrons. The summed E-state index contributed by atoms with van der Waals surface area (Å²) < 4.78 is 0. The van der Waals surface area contributed by atoms with Crippen LogP contribution in [-0.4, -0.2) is 29.2 Å². The van der Waals surface area contributed by atoms with Gasteiger partial charge in [0.15, 0.2) is 0 Å². The molecule has 1 heterocycles. The Morgan fingerprint density at radius 2 is 1.61 bits per heavy atom. The third kappa shape index (κ3) is 3.64. The van der Waals surface area contributed by atoms with Crippen molar-refractivity contribution in [2.24, 2.45) is 0 Å². The highest BCUT2D eigenvalue weighted by Crippen LogP contribution is 2.30. The first-order valence-electron chi connectivity index (χ1n) is 8.96. The van der Waals surface area contributed by atoms with E-state index in [0.717, 1.165) is 32.7 Å². The Balaban J connectivity index is 1.82. The standard InChI is InChI=1S/C21H19N3O3S/c1-3-13-9-15(28-12-22)10-14(4-2)19(13)23-18(25)11-24-20(26)16-7-5-6-8-17(16)21(24)27/h5-10H,3-4,11H2,1-2H3,(H,23,25). The molecular formula is C21H19N3O3S. The molecule has 0 aliphatic carbocycles. The van der Waals surface area contributed by atoms with Crippen LogP contribution in [0.2, 0.25) is 0 Å². The summed E-state index contributed by atoms with van der Waals surface area (Å²) in [6.07, 6.45) is 1.35. The summed E-state index contributed by atoms with van der Waals surface area (Å²) in [5, 5.41) is 13.8. The van der Waals surface area contributed by atoms with Gasteiger partial charge in [-0.2, -0.15) is 5.26 Å². The molecule has 28 heavy (non-hydrogen) atoms. The maximum Gasteiger partial charge on any atom is 0.262 e. The number of hydrogen-bond acceptors (Lipinski definition) is 5. The van der Waals surface area contributed by atoms with Crippen molar-refractivity contribution >= 4 is 35.2 Å². The lowest BCUT2D eigenvalue weighted by atomic mass is 10.0. The van der Waals surface area contributed by atoms with Crippen molar-refractivity contribution in [3.05, 3.63) is 58.7 Å². The highest BCUT2D eigenvalue weighted by Gasteiger charge is 2.36. The van der Waals surface area contributed by atoms with Crippen molar-refractivity contribution in [1.29, 1.82) is 5.26 Å². The largest absolute Gasteiger partial charge is 0.324 e. The van der Waals surface area contributed by atoms with E-state index >= 15 is 0 Å². The summed E-state index contributed by atoms with van der Waals surface area (Å²) in [5.74, 6) is -1.34. The lowest BCUT2D eigenvalue weighted by Crippen LogP contribution is -2.37. The van der Waals surface area contributed by atoms with Gasteiger partial charge in [0.2, 0.25) is 5.91 Å². The van der Waals surface area contributed by atoms with E-state index in [1.165, 1.54) is 0 Å². The van der Waals surface area contributed by atoms with Gasteiger partial charge in [-0.05, 0) is 60.0 Å². The van der Waals surface area contributed by atoms with Gasteiger partial charge >= 0.3 is 0 Å². The number of thioether (sulfide) groups is 1. The summed E-state index contributed by atoms with van der Waals surface area (Å²) in [4.78, 5) is 39.3. The molecule has 1 aliphatic heterocycles. The number of aryl methyl sites for hydroxylation is 2. The fraction of sp³-hybridized carbons (Fsp3) is 0.238. The van der Waals surface area contributed by atoms with Crippen molar-refractivity contribution in [2.75, 3.05) is 11.9 Å². The van der Waals surface area contributed by atoms with E-state index in [1.54, 1.807) is 24.3 Å². The highest BCUT2D eigenvalue weighted by molar-refractivity contribution is 8.03. The van der Waals surface area contributed by atoms with Gasteiger partial charge in [0.25, 0.3) is 11.8 Å². The van der Waals surface area contributed by atoms with E-state index in [1.807, 2.05) is 26.0 Å². The zero-order valence-electron chi connectivity index (χ0n) is 15.6. The molecule has 1 aliphatic rings. The van der Waals surface area contributed by atoms with Gasteiger partial charge in [0, 0.05) is 10.6 Å². The van der Waals surface area contributed by atoms with Crippen molar-refractivity contribution in [3.8, 4) is 5.40 Å². The van der Waals surface area contributed by atoms with Crippen LogP contribution in [0.25, 0.3) is 0 Å². The van der Waals surface area contributed by atoms with E-state index in [-0.39, 0.29) is 6.54 Å². The Labute approximate surface area is 167 Å². The van der Waals surface area contributed by atoms with Crippen LogP contribution in [-0.2, 0) is 17.6 Å². The first kappa shape index (κ1) is 19.6. The number of nitrogens with one attached hydrogen (secondary N) is 1. The van der Waals surface area contributed by atoms with E-state index in [9.17, 15) is 14.4 Å². The third-order valence-corrected chi connectivity index (χ3v) is 5.21. The smallest absolute Gasteiger partial charge is 0.262 e. The Morgan fingerprint density at radius 3 is 2.07 bits per heavy atom. The first-order valence-corrected chi connectivity index (χ1v) is 9.78. The fourth-order valence-electron chi connectivity index (χ4n) is 3.27. The van der Waals surface area contributed by atoms with Crippen LogP contribution < -0.4 is 5.32 Å². The Morgan fingerprint density at radius 1 is 1.07 bits per heavy atom. The predicted octanol–water partition coefficient (Wildman–Crippen LogP) is 3.62. The van der Waals surface area contributed by atoms with Crippen molar-refractivity contribution in [2.45, 2.75) is 31.6 Å². The molecule has 1 N–H and O–H groups in total. The number of imide groups is 1. The summed E-state index contributed by atoms with van der Waals surface area (Å²) >= 11 is 1.08. The zero-order valence-corrected chi connectivity index (χ0v) is 16.4. The number of rotatable bonds is 6. The number of anilines is 1. The minimum Gasteiger partial charge on any atom is -0.324 e. The number of nitriles is 1. The van der Waals surface area contributed by atoms with Gasteiger partial charge in [0.05, 0.1) is 11.1 Å². The zero-order chi connectivity index (χ0) is 20.3. The van der Waals surface area contributed by atoms with Crippen LogP contribution in [0.15, 0.2) is 41.3 Å². The number of carbonyl (C=O) groups excluding carboxylic acids is 3. The molecule has 0 atom stereocenters. The molecule has 3 amide bonds. The van der Waals surface area contributed by atoms with Gasteiger partial charge in [-0.15, -0.1) is 0 Å². The molecule has 0 bridgehead atoms. The number of fused-ring (bicyclic) bond motifs is 1. The summed E-state index contributed by atoms with van der Waals surface area (Å²) in [5.41, 5.74) is 3.15. The second-order valence-electron chi connectivity index (χ2n) is 6.31. The van der Waals surface area contributed by atoms with Crippen LogP contribution in [0.1, 0.15) is 45.7 Å². The highest BCUT2D eigenvalue weighted by atomic mass is 32.2. The van der Waals surface area contributed by atoms with E-state index in [4.69, 9.17) is 5.26 Å². The number of thiocyanates is 1. The normalized spacial score (nSPS) is 12.7. The molecule has 7 heteroatoms. The second-order valence-corrected chi connectivity index (χ2v) is 7.17. The molecule has 0 fully saturated rings. The van der Waals surface area contributed by atoms with Crippen LogP contribution in [0, 0.1) is 10.7 Å². The maximum absolute atomic E-state index is 12.6. The number of amides is 3. The predicted molar refractivity (Wildman–Crippen MR) is 107 cm³/mol. The second kappa shape index (κ2) is 8.28. The molecular weight excluding hydrogens is 374 g/mol. The molecule has 6 nitrogen and oxygen atoms in total. The third-order valence-electron chi connectivity index (χ3n) is 4.64. The van der Waals surface area contributed by atoms with Crippen molar-refractivity contribution in [3.63, 3.8) is 0 Å².